The Labute approximate surface area is 122 Å². The Morgan fingerprint density at radius 3 is 1.76 bits per heavy atom. The van der Waals surface area contributed by atoms with E-state index in [-0.39, 0.29) is 13.2 Å². The number of ether oxygens (including phenoxy) is 4. The molecule has 0 aromatic carbocycles. The third kappa shape index (κ3) is 13.9. The summed E-state index contributed by atoms with van der Waals surface area (Å²) in [6.07, 6.45) is -1.63. The topological polar surface area (TPSA) is 54.0 Å². The second kappa shape index (κ2) is 12.8. The van der Waals surface area contributed by atoms with Crippen molar-refractivity contribution in [1.29, 1.82) is 0 Å². The lowest BCUT2D eigenvalue weighted by Gasteiger charge is -2.08. The molecule has 5 nitrogen and oxygen atoms in total. The molecule has 0 heterocycles. The minimum Gasteiger partial charge on any atom is -0.457 e. The van der Waals surface area contributed by atoms with Crippen molar-refractivity contribution in [3.05, 3.63) is 0 Å². The standard InChI is InChI=1S/C13H23F3O5/c1-2-3-4-5-18-6-7-19-8-9-20-10-11-21-12(17)13(14,15)16/h2-11H2,1H3. The third-order valence-electron chi connectivity index (χ3n) is 2.33. The molecule has 0 atom stereocenters. The molecular weight excluding hydrogens is 293 g/mol. The molecule has 21 heavy (non-hydrogen) atoms. The van der Waals surface area contributed by atoms with Crippen molar-refractivity contribution in [2.75, 3.05) is 46.2 Å². The minimum absolute atomic E-state index is 0.0985. The Bertz CT molecular complexity index is 259. The van der Waals surface area contributed by atoms with Gasteiger partial charge in [0.15, 0.2) is 0 Å². The van der Waals surface area contributed by atoms with Gasteiger partial charge in [-0.1, -0.05) is 19.8 Å². The molecule has 0 spiro atoms. The zero-order valence-corrected chi connectivity index (χ0v) is 12.2. The molecule has 126 valence electrons. The van der Waals surface area contributed by atoms with Crippen LogP contribution < -0.4 is 0 Å². The second-order valence-corrected chi connectivity index (χ2v) is 4.18. The number of halogens is 3. The van der Waals surface area contributed by atoms with E-state index in [1.807, 2.05) is 0 Å². The molecule has 0 unspecified atom stereocenters. The first-order valence-electron chi connectivity index (χ1n) is 6.95. The van der Waals surface area contributed by atoms with E-state index in [4.69, 9.17) is 14.2 Å². The lowest BCUT2D eigenvalue weighted by Crippen LogP contribution is -2.26. The molecule has 8 heteroatoms. The van der Waals surface area contributed by atoms with Crippen LogP contribution in [0.3, 0.4) is 0 Å². The lowest BCUT2D eigenvalue weighted by molar-refractivity contribution is -0.200. The average molecular weight is 316 g/mol. The summed E-state index contributed by atoms with van der Waals surface area (Å²) in [6.45, 7) is 3.79. The average Bonchev–Trinajstić information content (AvgIpc) is 2.42. The van der Waals surface area contributed by atoms with Crippen molar-refractivity contribution in [2.24, 2.45) is 0 Å². The van der Waals surface area contributed by atoms with Gasteiger partial charge in [-0.3, -0.25) is 0 Å². The van der Waals surface area contributed by atoms with Crippen LogP contribution in [-0.2, 0) is 23.7 Å². The quantitative estimate of drug-likeness (QED) is 0.385. The molecule has 0 amide bonds. The Hall–Kier alpha value is -0.860. The number of carbonyl (C=O) groups is 1. The van der Waals surface area contributed by atoms with Crippen molar-refractivity contribution in [3.8, 4) is 0 Å². The largest absolute Gasteiger partial charge is 0.490 e. The predicted octanol–water partition coefficient (Wildman–Crippen LogP) is 2.33. The summed E-state index contributed by atoms with van der Waals surface area (Å²) in [4.78, 5) is 10.3. The van der Waals surface area contributed by atoms with Gasteiger partial charge in [0.25, 0.3) is 0 Å². The summed E-state index contributed by atoms with van der Waals surface area (Å²) >= 11 is 0. The smallest absolute Gasteiger partial charge is 0.457 e. The van der Waals surface area contributed by atoms with Gasteiger partial charge < -0.3 is 18.9 Å². The highest BCUT2D eigenvalue weighted by Crippen LogP contribution is 2.16. The van der Waals surface area contributed by atoms with Gasteiger partial charge in [0.05, 0.1) is 33.0 Å². The summed E-state index contributed by atoms with van der Waals surface area (Å²) in [5, 5.41) is 0. The van der Waals surface area contributed by atoms with Crippen molar-refractivity contribution < 1.29 is 36.9 Å². The van der Waals surface area contributed by atoms with Gasteiger partial charge in [-0.15, -0.1) is 0 Å². The maximum atomic E-state index is 11.7. The van der Waals surface area contributed by atoms with Crippen LogP contribution in [-0.4, -0.2) is 58.4 Å². The van der Waals surface area contributed by atoms with Crippen LogP contribution in [0.5, 0.6) is 0 Å². The molecule has 0 saturated heterocycles. The normalized spacial score (nSPS) is 11.6. The molecule has 0 fully saturated rings. The molecule has 0 aromatic heterocycles. The number of unbranched alkanes of at least 4 members (excludes halogenated alkanes) is 2. The highest BCUT2D eigenvalue weighted by Gasteiger charge is 2.40. The van der Waals surface area contributed by atoms with Crippen LogP contribution in [0.15, 0.2) is 0 Å². The van der Waals surface area contributed by atoms with E-state index < -0.39 is 18.8 Å². The van der Waals surface area contributed by atoms with Crippen LogP contribution in [0.25, 0.3) is 0 Å². The van der Waals surface area contributed by atoms with E-state index >= 15 is 0 Å². The summed E-state index contributed by atoms with van der Waals surface area (Å²) in [6, 6.07) is 0. The highest BCUT2D eigenvalue weighted by atomic mass is 19.4. The molecule has 0 aliphatic carbocycles. The zero-order chi connectivity index (χ0) is 16.0. The van der Waals surface area contributed by atoms with Gasteiger partial charge in [-0.05, 0) is 6.42 Å². The fourth-order valence-electron chi connectivity index (χ4n) is 1.27. The first-order valence-corrected chi connectivity index (χ1v) is 6.95. The number of hydrogen-bond donors (Lipinski definition) is 0. The van der Waals surface area contributed by atoms with Crippen molar-refractivity contribution in [3.63, 3.8) is 0 Å². The van der Waals surface area contributed by atoms with E-state index in [0.29, 0.717) is 19.8 Å². The Kier molecular flexibility index (Phi) is 12.3. The molecule has 0 aliphatic heterocycles. The zero-order valence-electron chi connectivity index (χ0n) is 12.2. The van der Waals surface area contributed by atoms with Crippen LogP contribution >= 0.6 is 0 Å². The minimum atomic E-state index is -4.96. The molecule has 0 radical (unpaired) electrons. The third-order valence-corrected chi connectivity index (χ3v) is 2.33. The molecule has 0 saturated carbocycles. The van der Waals surface area contributed by atoms with Crippen molar-refractivity contribution >= 4 is 5.97 Å². The number of rotatable bonds is 13. The van der Waals surface area contributed by atoms with Gasteiger partial charge in [0, 0.05) is 6.61 Å². The lowest BCUT2D eigenvalue weighted by atomic mass is 10.3. The molecule has 0 bridgehead atoms. The maximum Gasteiger partial charge on any atom is 0.490 e. The molecule has 0 aliphatic rings. The molecule has 0 N–H and O–H groups in total. The Balaban J connectivity index is 3.14. The van der Waals surface area contributed by atoms with Crippen LogP contribution in [0.1, 0.15) is 26.2 Å². The van der Waals surface area contributed by atoms with Crippen molar-refractivity contribution in [2.45, 2.75) is 32.4 Å². The number of esters is 1. The molecular formula is C13H23F3O5. The van der Waals surface area contributed by atoms with Crippen molar-refractivity contribution in [1.82, 2.24) is 0 Å². The van der Waals surface area contributed by atoms with Crippen LogP contribution in [0.2, 0.25) is 0 Å². The number of alkyl halides is 3. The van der Waals surface area contributed by atoms with Crippen LogP contribution in [0.4, 0.5) is 13.2 Å². The van der Waals surface area contributed by atoms with Gasteiger partial charge in [0.2, 0.25) is 0 Å². The van der Waals surface area contributed by atoms with Gasteiger partial charge in [0.1, 0.15) is 6.61 Å². The summed E-state index contributed by atoms with van der Waals surface area (Å²) in [5.41, 5.74) is 0. The van der Waals surface area contributed by atoms with Gasteiger partial charge in [-0.2, -0.15) is 13.2 Å². The summed E-state index contributed by atoms with van der Waals surface area (Å²) in [7, 11) is 0. The maximum absolute atomic E-state index is 11.7. The fourth-order valence-corrected chi connectivity index (χ4v) is 1.27. The van der Waals surface area contributed by atoms with Gasteiger partial charge >= 0.3 is 12.1 Å². The SMILES string of the molecule is CCCCCOCCOCCOCCOC(=O)C(F)(F)F. The van der Waals surface area contributed by atoms with E-state index in [9.17, 15) is 18.0 Å². The Morgan fingerprint density at radius 1 is 0.810 bits per heavy atom. The summed E-state index contributed by atoms with van der Waals surface area (Å²) < 4.78 is 54.6. The van der Waals surface area contributed by atoms with E-state index in [1.54, 1.807) is 0 Å². The first-order chi connectivity index (χ1) is 9.98. The monoisotopic (exact) mass is 316 g/mol. The molecule has 0 rings (SSSR count). The molecule has 0 aromatic rings. The van der Waals surface area contributed by atoms with E-state index in [1.165, 1.54) is 0 Å². The number of carbonyl (C=O) groups excluding carboxylic acids is 1. The van der Waals surface area contributed by atoms with Crippen LogP contribution in [0, 0.1) is 0 Å². The first kappa shape index (κ1) is 20.1. The van der Waals surface area contributed by atoms with Gasteiger partial charge in [-0.25, -0.2) is 4.79 Å². The second-order valence-electron chi connectivity index (χ2n) is 4.18. The number of hydrogen-bond acceptors (Lipinski definition) is 5. The fraction of sp³-hybridized carbons (Fsp3) is 0.923. The van der Waals surface area contributed by atoms with E-state index in [2.05, 4.69) is 11.7 Å². The predicted molar refractivity (Wildman–Crippen MR) is 69.0 cm³/mol. The highest BCUT2D eigenvalue weighted by molar-refractivity contribution is 5.75. The Morgan fingerprint density at radius 2 is 1.29 bits per heavy atom. The summed E-state index contributed by atoms with van der Waals surface area (Å²) in [5.74, 6) is -2.21. The van der Waals surface area contributed by atoms with E-state index in [0.717, 1.165) is 25.9 Å².